The van der Waals surface area contributed by atoms with Crippen molar-refractivity contribution in [2.75, 3.05) is 0 Å². The summed E-state index contributed by atoms with van der Waals surface area (Å²) < 4.78 is 0. The van der Waals surface area contributed by atoms with Crippen LogP contribution in [0, 0.1) is 17.8 Å². The topological polar surface area (TPSA) is 0 Å². The molecular weight excluding hydrogens is 180 g/mol. The van der Waals surface area contributed by atoms with Crippen molar-refractivity contribution in [2.24, 2.45) is 17.8 Å². The maximum absolute atomic E-state index is 2.43. The van der Waals surface area contributed by atoms with E-state index < -0.39 is 0 Å². The van der Waals surface area contributed by atoms with E-state index in [4.69, 9.17) is 0 Å². The zero-order valence-electron chi connectivity index (χ0n) is 11.7. The average Bonchev–Trinajstić information content (AvgIpc) is 2.16. The molecule has 15 heavy (non-hydrogen) atoms. The summed E-state index contributed by atoms with van der Waals surface area (Å²) in [6.07, 6.45) is 9.94. The molecule has 2 unspecified atom stereocenters. The fourth-order valence-electron chi connectivity index (χ4n) is 2.22. The fourth-order valence-corrected chi connectivity index (χ4v) is 2.22. The molecule has 0 N–H and O–H groups in total. The summed E-state index contributed by atoms with van der Waals surface area (Å²) >= 11 is 0. The zero-order chi connectivity index (χ0) is 11.7. The van der Waals surface area contributed by atoms with E-state index in [-0.39, 0.29) is 0 Å². The lowest BCUT2D eigenvalue weighted by Crippen LogP contribution is -2.07. The third kappa shape index (κ3) is 8.96. The first-order chi connectivity index (χ1) is 7.07. The Labute approximate surface area is 97.8 Å². The smallest absolute Gasteiger partial charge is 0.0417 e. The lowest BCUT2D eigenvalue weighted by Gasteiger charge is -2.19. The predicted octanol–water partition coefficient (Wildman–Crippen LogP) is 5.67. The highest BCUT2D eigenvalue weighted by atomic mass is 14.2. The normalized spacial score (nSPS) is 15.6. The van der Waals surface area contributed by atoms with Crippen LogP contribution in [-0.2, 0) is 0 Å². The minimum atomic E-state index is 0.890. The molecule has 0 aliphatic heterocycles. The van der Waals surface area contributed by atoms with Gasteiger partial charge in [0.15, 0.2) is 0 Å². The van der Waals surface area contributed by atoms with Gasteiger partial charge in [-0.15, -0.1) is 0 Å². The van der Waals surface area contributed by atoms with Crippen molar-refractivity contribution in [3.63, 3.8) is 0 Å². The predicted molar refractivity (Wildman–Crippen MR) is 71.2 cm³/mol. The Kier molecular flexibility index (Phi) is 9.24. The Morgan fingerprint density at radius 1 is 0.667 bits per heavy atom. The second-order valence-electron chi connectivity index (χ2n) is 5.78. The van der Waals surface area contributed by atoms with Gasteiger partial charge < -0.3 is 0 Å². The van der Waals surface area contributed by atoms with Crippen LogP contribution in [0.3, 0.4) is 0 Å². The summed E-state index contributed by atoms with van der Waals surface area (Å²) in [7, 11) is 0. The van der Waals surface area contributed by atoms with Gasteiger partial charge in [0.05, 0.1) is 0 Å². The highest BCUT2D eigenvalue weighted by Crippen LogP contribution is 2.22. The van der Waals surface area contributed by atoms with Crippen molar-refractivity contribution in [2.45, 2.75) is 79.6 Å². The average molecular weight is 212 g/mol. The fraction of sp³-hybridized carbons (Fsp3) is 1.00. The van der Waals surface area contributed by atoms with Gasteiger partial charge in [0.1, 0.15) is 0 Å². The first kappa shape index (κ1) is 15.0. The van der Waals surface area contributed by atoms with E-state index in [1.807, 2.05) is 0 Å². The van der Waals surface area contributed by atoms with Gasteiger partial charge in [-0.05, 0) is 17.8 Å². The van der Waals surface area contributed by atoms with Crippen LogP contribution in [-0.4, -0.2) is 0 Å². The second-order valence-corrected chi connectivity index (χ2v) is 5.78. The maximum Gasteiger partial charge on any atom is -0.0417 e. The molecule has 0 bridgehead atoms. The molecule has 0 aliphatic carbocycles. The van der Waals surface area contributed by atoms with Crippen LogP contribution in [0.15, 0.2) is 0 Å². The first-order valence-corrected chi connectivity index (χ1v) is 7.07. The Bertz CT molecular complexity index is 126. The van der Waals surface area contributed by atoms with Crippen LogP contribution in [0.25, 0.3) is 0 Å². The van der Waals surface area contributed by atoms with Gasteiger partial charge in [-0.1, -0.05) is 79.6 Å². The standard InChI is InChI=1S/C15H32/c1-6-10-14(4)15(5)12-9-7-8-11-13(2)3/h13-15H,6-12H2,1-5H3. The number of unbranched alkanes of at least 4 members (excludes halogenated alkanes) is 2. The SMILES string of the molecule is CCCC(C)C(C)CCCCCC(C)C. The van der Waals surface area contributed by atoms with Crippen LogP contribution in [0.5, 0.6) is 0 Å². The molecule has 0 saturated heterocycles. The quantitative estimate of drug-likeness (QED) is 0.432. The number of rotatable bonds is 9. The van der Waals surface area contributed by atoms with Gasteiger partial charge in [-0.2, -0.15) is 0 Å². The van der Waals surface area contributed by atoms with Gasteiger partial charge in [0.2, 0.25) is 0 Å². The minimum Gasteiger partial charge on any atom is -0.0654 e. The van der Waals surface area contributed by atoms with E-state index in [2.05, 4.69) is 34.6 Å². The summed E-state index contributed by atoms with van der Waals surface area (Å²) in [5.74, 6) is 2.76. The molecular formula is C15H32. The van der Waals surface area contributed by atoms with Gasteiger partial charge >= 0.3 is 0 Å². The van der Waals surface area contributed by atoms with E-state index >= 15 is 0 Å². The lowest BCUT2D eigenvalue weighted by molar-refractivity contribution is 0.329. The molecule has 0 aromatic heterocycles. The minimum absolute atomic E-state index is 0.890. The molecule has 0 nitrogen and oxygen atoms in total. The molecule has 0 aromatic rings. The van der Waals surface area contributed by atoms with Crippen LogP contribution in [0.1, 0.15) is 79.6 Å². The Balaban J connectivity index is 3.34. The molecule has 0 heteroatoms. The van der Waals surface area contributed by atoms with Crippen molar-refractivity contribution >= 4 is 0 Å². The summed E-state index contributed by atoms with van der Waals surface area (Å²) in [6.45, 7) is 11.8. The molecule has 0 aromatic carbocycles. The van der Waals surface area contributed by atoms with Crippen LogP contribution < -0.4 is 0 Å². The highest BCUT2D eigenvalue weighted by Gasteiger charge is 2.10. The van der Waals surface area contributed by atoms with Gasteiger partial charge in [-0.25, -0.2) is 0 Å². The molecule has 2 atom stereocenters. The first-order valence-electron chi connectivity index (χ1n) is 7.07. The third-order valence-corrected chi connectivity index (χ3v) is 3.66. The molecule has 0 saturated carbocycles. The number of hydrogen-bond acceptors (Lipinski definition) is 0. The van der Waals surface area contributed by atoms with E-state index in [9.17, 15) is 0 Å². The Morgan fingerprint density at radius 2 is 1.20 bits per heavy atom. The molecule has 92 valence electrons. The van der Waals surface area contributed by atoms with Gasteiger partial charge in [0, 0.05) is 0 Å². The van der Waals surface area contributed by atoms with E-state index in [0.29, 0.717) is 0 Å². The van der Waals surface area contributed by atoms with E-state index in [1.165, 1.54) is 44.9 Å². The number of hydrogen-bond donors (Lipinski definition) is 0. The largest absolute Gasteiger partial charge is 0.0654 e. The Hall–Kier alpha value is 0. The maximum atomic E-state index is 2.43. The van der Waals surface area contributed by atoms with Crippen molar-refractivity contribution in [3.05, 3.63) is 0 Å². The van der Waals surface area contributed by atoms with Gasteiger partial charge in [0.25, 0.3) is 0 Å². The van der Waals surface area contributed by atoms with Crippen molar-refractivity contribution in [1.82, 2.24) is 0 Å². The van der Waals surface area contributed by atoms with E-state index in [0.717, 1.165) is 17.8 Å². The molecule has 0 heterocycles. The molecule has 0 radical (unpaired) electrons. The molecule has 0 rings (SSSR count). The summed E-state index contributed by atoms with van der Waals surface area (Å²) in [6, 6.07) is 0. The lowest BCUT2D eigenvalue weighted by atomic mass is 9.87. The van der Waals surface area contributed by atoms with Gasteiger partial charge in [-0.3, -0.25) is 0 Å². The molecule has 0 spiro atoms. The zero-order valence-corrected chi connectivity index (χ0v) is 11.7. The summed E-state index contributed by atoms with van der Waals surface area (Å²) in [5.41, 5.74) is 0. The van der Waals surface area contributed by atoms with Crippen molar-refractivity contribution in [3.8, 4) is 0 Å². The van der Waals surface area contributed by atoms with Crippen molar-refractivity contribution in [1.29, 1.82) is 0 Å². The highest BCUT2D eigenvalue weighted by molar-refractivity contribution is 4.62. The molecule has 0 aliphatic rings. The van der Waals surface area contributed by atoms with E-state index in [1.54, 1.807) is 0 Å². The van der Waals surface area contributed by atoms with Crippen LogP contribution >= 0.6 is 0 Å². The van der Waals surface area contributed by atoms with Crippen LogP contribution in [0.2, 0.25) is 0 Å². The summed E-state index contributed by atoms with van der Waals surface area (Å²) in [5, 5.41) is 0. The monoisotopic (exact) mass is 212 g/mol. The Morgan fingerprint density at radius 3 is 1.73 bits per heavy atom. The molecule has 0 fully saturated rings. The second kappa shape index (κ2) is 9.24. The van der Waals surface area contributed by atoms with Crippen LogP contribution in [0.4, 0.5) is 0 Å². The molecule has 0 amide bonds. The van der Waals surface area contributed by atoms with Crippen molar-refractivity contribution < 1.29 is 0 Å². The third-order valence-electron chi connectivity index (χ3n) is 3.66. The summed E-state index contributed by atoms with van der Waals surface area (Å²) in [4.78, 5) is 0.